The van der Waals surface area contributed by atoms with Crippen molar-refractivity contribution in [2.75, 3.05) is 20.2 Å². The monoisotopic (exact) mass is 397 g/mol. The Morgan fingerprint density at radius 2 is 2.04 bits per heavy atom. The third-order valence-corrected chi connectivity index (χ3v) is 4.88. The lowest BCUT2D eigenvalue weighted by Crippen LogP contribution is -2.37. The van der Waals surface area contributed by atoms with E-state index in [1.54, 1.807) is 7.11 Å². The smallest absolute Gasteiger partial charge is 0.226 e. The first-order chi connectivity index (χ1) is 12.5. The van der Waals surface area contributed by atoms with Gasteiger partial charge in [-0.05, 0) is 37.5 Å². The first kappa shape index (κ1) is 23.2. The average molecular weight is 398 g/mol. The summed E-state index contributed by atoms with van der Waals surface area (Å²) in [6, 6.07) is 7.46. The number of halogens is 1. The normalized spacial score (nSPS) is 20.1. The highest BCUT2D eigenvalue weighted by Crippen LogP contribution is 2.39. The standard InChI is InChI=1S/C20H31N3O3.ClH/c1-4-5-12-23-18(24)13-17(20(25)22-11-10-14(2)21)19(23)15-6-8-16(26-3)9-7-15;/h6-9,14,17,19H,4-5,10-13,21H2,1-3H3,(H,22,25);1H. The van der Waals surface area contributed by atoms with Crippen molar-refractivity contribution < 1.29 is 14.3 Å². The van der Waals surface area contributed by atoms with Crippen molar-refractivity contribution in [1.29, 1.82) is 0 Å². The molecule has 0 aromatic heterocycles. The maximum atomic E-state index is 12.7. The number of carbonyl (C=O) groups is 2. The molecule has 3 N–H and O–H groups in total. The van der Waals surface area contributed by atoms with Gasteiger partial charge in [-0.15, -0.1) is 12.4 Å². The Bertz CT molecular complexity index is 607. The number of nitrogens with two attached hydrogens (primary N) is 1. The molecule has 0 radical (unpaired) electrons. The molecule has 1 saturated heterocycles. The molecule has 1 aromatic rings. The van der Waals surface area contributed by atoms with E-state index >= 15 is 0 Å². The van der Waals surface area contributed by atoms with E-state index in [-0.39, 0.29) is 48.6 Å². The summed E-state index contributed by atoms with van der Waals surface area (Å²) in [6.07, 6.45) is 2.91. The van der Waals surface area contributed by atoms with Gasteiger partial charge in [-0.25, -0.2) is 0 Å². The zero-order valence-corrected chi connectivity index (χ0v) is 17.3. The van der Waals surface area contributed by atoms with Crippen LogP contribution in [0, 0.1) is 5.92 Å². The van der Waals surface area contributed by atoms with E-state index in [1.807, 2.05) is 36.1 Å². The SMILES string of the molecule is CCCCN1C(=O)CC(C(=O)NCCC(C)N)C1c1ccc(OC)cc1.Cl. The average Bonchev–Trinajstić information content (AvgIpc) is 2.96. The Kier molecular flexibility index (Phi) is 9.60. The second-order valence-corrected chi connectivity index (χ2v) is 7.03. The molecule has 0 aliphatic carbocycles. The minimum Gasteiger partial charge on any atom is -0.497 e. The van der Waals surface area contributed by atoms with Crippen molar-refractivity contribution in [3.63, 3.8) is 0 Å². The molecule has 3 unspecified atom stereocenters. The second kappa shape index (κ2) is 11.1. The fourth-order valence-electron chi connectivity index (χ4n) is 3.39. The highest BCUT2D eigenvalue weighted by atomic mass is 35.5. The van der Waals surface area contributed by atoms with Gasteiger partial charge in [0.15, 0.2) is 0 Å². The Balaban J connectivity index is 0.00000364. The Labute approximate surface area is 168 Å². The van der Waals surface area contributed by atoms with Crippen molar-refractivity contribution in [1.82, 2.24) is 10.2 Å². The number of likely N-dealkylation sites (tertiary alicyclic amines) is 1. The van der Waals surface area contributed by atoms with E-state index in [1.165, 1.54) is 0 Å². The van der Waals surface area contributed by atoms with Crippen LogP contribution < -0.4 is 15.8 Å². The van der Waals surface area contributed by atoms with Gasteiger partial charge in [0.25, 0.3) is 0 Å². The van der Waals surface area contributed by atoms with E-state index in [0.29, 0.717) is 13.1 Å². The number of hydrogen-bond donors (Lipinski definition) is 2. The summed E-state index contributed by atoms with van der Waals surface area (Å²) in [7, 11) is 1.62. The van der Waals surface area contributed by atoms with Gasteiger partial charge < -0.3 is 20.7 Å². The summed E-state index contributed by atoms with van der Waals surface area (Å²) in [6.45, 7) is 5.22. The number of rotatable bonds is 9. The number of carbonyl (C=O) groups excluding carboxylic acids is 2. The van der Waals surface area contributed by atoms with E-state index in [2.05, 4.69) is 12.2 Å². The first-order valence-electron chi connectivity index (χ1n) is 9.44. The lowest BCUT2D eigenvalue weighted by molar-refractivity contribution is -0.129. The van der Waals surface area contributed by atoms with E-state index in [0.717, 1.165) is 30.6 Å². The predicted octanol–water partition coefficient (Wildman–Crippen LogP) is 2.66. The Morgan fingerprint density at radius 1 is 1.37 bits per heavy atom. The molecule has 1 heterocycles. The van der Waals surface area contributed by atoms with Gasteiger partial charge in [0.05, 0.1) is 19.1 Å². The number of unbranched alkanes of at least 4 members (excludes halogenated alkanes) is 1. The summed E-state index contributed by atoms with van der Waals surface area (Å²) in [5.74, 6) is 0.363. The number of ether oxygens (including phenoxy) is 1. The molecule has 0 spiro atoms. The lowest BCUT2D eigenvalue weighted by atomic mass is 9.92. The van der Waals surface area contributed by atoms with Gasteiger partial charge in [-0.1, -0.05) is 25.5 Å². The van der Waals surface area contributed by atoms with Crippen LogP contribution in [0.5, 0.6) is 5.75 Å². The molecule has 1 aromatic carbocycles. The van der Waals surface area contributed by atoms with Gasteiger partial charge >= 0.3 is 0 Å². The molecule has 1 fully saturated rings. The van der Waals surface area contributed by atoms with Gasteiger partial charge in [-0.3, -0.25) is 9.59 Å². The number of methoxy groups -OCH3 is 1. The summed E-state index contributed by atoms with van der Waals surface area (Å²) in [5.41, 5.74) is 6.72. The lowest BCUT2D eigenvalue weighted by Gasteiger charge is -2.28. The molecule has 2 rings (SSSR count). The second-order valence-electron chi connectivity index (χ2n) is 7.03. The number of amides is 2. The molecule has 27 heavy (non-hydrogen) atoms. The fourth-order valence-corrected chi connectivity index (χ4v) is 3.39. The molecule has 0 saturated carbocycles. The maximum Gasteiger partial charge on any atom is 0.226 e. The summed E-state index contributed by atoms with van der Waals surface area (Å²) in [4.78, 5) is 27.2. The van der Waals surface area contributed by atoms with Crippen molar-refractivity contribution >= 4 is 24.2 Å². The quantitative estimate of drug-likeness (QED) is 0.670. The molecule has 3 atom stereocenters. The van der Waals surface area contributed by atoms with Crippen LogP contribution in [-0.2, 0) is 9.59 Å². The van der Waals surface area contributed by atoms with Crippen molar-refractivity contribution in [3.05, 3.63) is 29.8 Å². The van der Waals surface area contributed by atoms with Crippen molar-refractivity contribution in [2.45, 2.75) is 51.6 Å². The van der Waals surface area contributed by atoms with Crippen LogP contribution in [0.1, 0.15) is 51.1 Å². The molecule has 0 bridgehead atoms. The minimum atomic E-state index is -0.374. The van der Waals surface area contributed by atoms with Crippen molar-refractivity contribution in [3.8, 4) is 5.75 Å². The van der Waals surface area contributed by atoms with Crippen LogP contribution in [0.2, 0.25) is 0 Å². The Morgan fingerprint density at radius 3 is 2.59 bits per heavy atom. The molecule has 152 valence electrons. The van der Waals surface area contributed by atoms with Crippen LogP contribution >= 0.6 is 12.4 Å². The zero-order valence-electron chi connectivity index (χ0n) is 16.4. The summed E-state index contributed by atoms with van der Waals surface area (Å²) in [5, 5.41) is 2.95. The molecular formula is C20H32ClN3O3. The summed E-state index contributed by atoms with van der Waals surface area (Å²) >= 11 is 0. The van der Waals surface area contributed by atoms with Gasteiger partial charge in [-0.2, -0.15) is 0 Å². The predicted molar refractivity (Wildman–Crippen MR) is 109 cm³/mol. The van der Waals surface area contributed by atoms with Gasteiger partial charge in [0, 0.05) is 25.6 Å². The summed E-state index contributed by atoms with van der Waals surface area (Å²) < 4.78 is 5.22. The maximum absolute atomic E-state index is 12.7. The van der Waals surface area contributed by atoms with E-state index < -0.39 is 0 Å². The number of hydrogen-bond acceptors (Lipinski definition) is 4. The fraction of sp³-hybridized carbons (Fsp3) is 0.600. The third-order valence-electron chi connectivity index (χ3n) is 4.88. The topological polar surface area (TPSA) is 84.7 Å². The highest BCUT2D eigenvalue weighted by Gasteiger charge is 2.43. The van der Waals surface area contributed by atoms with Crippen LogP contribution in [-0.4, -0.2) is 43.0 Å². The van der Waals surface area contributed by atoms with Crippen LogP contribution in [0.25, 0.3) is 0 Å². The molecule has 1 aliphatic heterocycles. The highest BCUT2D eigenvalue weighted by molar-refractivity contribution is 5.90. The van der Waals surface area contributed by atoms with Gasteiger partial charge in [0.1, 0.15) is 5.75 Å². The third kappa shape index (κ3) is 6.11. The zero-order chi connectivity index (χ0) is 19.1. The molecule has 7 heteroatoms. The Hall–Kier alpha value is -1.79. The largest absolute Gasteiger partial charge is 0.497 e. The van der Waals surface area contributed by atoms with Crippen LogP contribution in [0.3, 0.4) is 0 Å². The van der Waals surface area contributed by atoms with Crippen LogP contribution in [0.15, 0.2) is 24.3 Å². The number of benzene rings is 1. The molecule has 2 amide bonds. The van der Waals surface area contributed by atoms with Crippen molar-refractivity contribution in [2.24, 2.45) is 11.7 Å². The van der Waals surface area contributed by atoms with Crippen LogP contribution in [0.4, 0.5) is 0 Å². The minimum absolute atomic E-state index is 0. The molecule has 6 nitrogen and oxygen atoms in total. The number of nitrogens with zero attached hydrogens (tertiary/aromatic N) is 1. The first-order valence-corrected chi connectivity index (χ1v) is 9.44. The van der Waals surface area contributed by atoms with Gasteiger partial charge in [0.2, 0.25) is 11.8 Å². The molecule has 1 aliphatic rings. The van der Waals surface area contributed by atoms with E-state index in [9.17, 15) is 9.59 Å². The molecular weight excluding hydrogens is 366 g/mol. The number of nitrogens with one attached hydrogen (secondary N) is 1. The van der Waals surface area contributed by atoms with E-state index in [4.69, 9.17) is 10.5 Å².